The van der Waals surface area contributed by atoms with E-state index >= 15 is 0 Å². The molecular formula is C18H19N3O2. The van der Waals surface area contributed by atoms with Crippen LogP contribution in [-0.4, -0.2) is 21.4 Å². The van der Waals surface area contributed by atoms with Crippen molar-refractivity contribution in [3.8, 4) is 5.75 Å². The van der Waals surface area contributed by atoms with E-state index in [1.54, 1.807) is 6.20 Å². The third-order valence-corrected chi connectivity index (χ3v) is 3.43. The van der Waals surface area contributed by atoms with Gasteiger partial charge in [-0.25, -0.2) is 4.98 Å². The number of carbonyl (C=O) groups excluding carboxylic acids is 1. The summed E-state index contributed by atoms with van der Waals surface area (Å²) in [6.07, 6.45) is 1.78. The molecule has 5 nitrogen and oxygen atoms in total. The molecule has 3 aromatic rings. The average Bonchev–Trinajstić information content (AvgIpc) is 2.94. The van der Waals surface area contributed by atoms with Crippen LogP contribution >= 0.6 is 0 Å². The van der Waals surface area contributed by atoms with Gasteiger partial charge >= 0.3 is 0 Å². The molecule has 0 aliphatic carbocycles. The van der Waals surface area contributed by atoms with Gasteiger partial charge in [-0.2, -0.15) is 0 Å². The van der Waals surface area contributed by atoms with Crippen molar-refractivity contribution >= 4 is 17.2 Å². The van der Waals surface area contributed by atoms with Gasteiger partial charge in [-0.3, -0.25) is 4.79 Å². The number of pyridine rings is 1. The summed E-state index contributed by atoms with van der Waals surface area (Å²) < 4.78 is 7.61. The Morgan fingerprint density at radius 1 is 1.17 bits per heavy atom. The lowest BCUT2D eigenvalue weighted by atomic mass is 10.2. The lowest BCUT2D eigenvalue weighted by Gasteiger charge is -2.14. The third kappa shape index (κ3) is 3.18. The molecule has 0 radical (unpaired) electrons. The highest BCUT2D eigenvalue weighted by atomic mass is 16.5. The Morgan fingerprint density at radius 2 is 1.96 bits per heavy atom. The highest BCUT2D eigenvalue weighted by Gasteiger charge is 2.14. The van der Waals surface area contributed by atoms with Gasteiger partial charge in [0.05, 0.1) is 11.8 Å². The molecule has 3 rings (SSSR count). The molecule has 2 aromatic heterocycles. The summed E-state index contributed by atoms with van der Waals surface area (Å²) in [6.45, 7) is 5.87. The number of carbonyl (C=O) groups is 1. The van der Waals surface area contributed by atoms with Crippen molar-refractivity contribution in [2.45, 2.75) is 26.9 Å². The van der Waals surface area contributed by atoms with Crippen LogP contribution in [0.15, 0.2) is 48.7 Å². The minimum atomic E-state index is -0.257. The topological polar surface area (TPSA) is 55.6 Å². The smallest absolute Gasteiger partial charge is 0.275 e. The van der Waals surface area contributed by atoms with Crippen LogP contribution in [0.2, 0.25) is 0 Å². The van der Waals surface area contributed by atoms with Gasteiger partial charge in [-0.05, 0) is 45.0 Å². The van der Waals surface area contributed by atoms with Crippen LogP contribution in [0.25, 0.3) is 5.65 Å². The summed E-state index contributed by atoms with van der Waals surface area (Å²) in [5.74, 6) is 0.392. The number of aromatic nitrogens is 2. The van der Waals surface area contributed by atoms with Crippen LogP contribution in [0.5, 0.6) is 5.75 Å². The summed E-state index contributed by atoms with van der Waals surface area (Å²) in [5.41, 5.74) is 2.79. The highest BCUT2D eigenvalue weighted by molar-refractivity contribution is 6.04. The van der Waals surface area contributed by atoms with Crippen LogP contribution < -0.4 is 10.1 Å². The largest absolute Gasteiger partial charge is 0.489 e. The summed E-state index contributed by atoms with van der Waals surface area (Å²) >= 11 is 0. The van der Waals surface area contributed by atoms with Gasteiger partial charge in [-0.15, -0.1) is 0 Å². The fourth-order valence-corrected chi connectivity index (χ4v) is 2.37. The Hall–Kier alpha value is -2.82. The van der Waals surface area contributed by atoms with Crippen molar-refractivity contribution in [3.05, 3.63) is 60.0 Å². The highest BCUT2D eigenvalue weighted by Crippen LogP contribution is 2.25. The number of ether oxygens (including phenoxy) is 1. The van der Waals surface area contributed by atoms with E-state index in [1.807, 2.05) is 67.6 Å². The number of hydrogen-bond donors (Lipinski definition) is 1. The van der Waals surface area contributed by atoms with E-state index in [0.29, 0.717) is 17.1 Å². The van der Waals surface area contributed by atoms with Gasteiger partial charge in [-0.1, -0.05) is 18.2 Å². The van der Waals surface area contributed by atoms with Crippen molar-refractivity contribution < 1.29 is 9.53 Å². The van der Waals surface area contributed by atoms with Crippen molar-refractivity contribution in [1.29, 1.82) is 0 Å². The molecule has 0 spiro atoms. The zero-order valence-electron chi connectivity index (χ0n) is 13.4. The predicted molar refractivity (Wildman–Crippen MR) is 90.1 cm³/mol. The molecule has 0 unspecified atom stereocenters. The normalized spacial score (nSPS) is 11.0. The Morgan fingerprint density at radius 3 is 2.70 bits per heavy atom. The number of nitrogens with one attached hydrogen (secondary N) is 1. The average molecular weight is 309 g/mol. The van der Waals surface area contributed by atoms with Gasteiger partial charge in [0.15, 0.2) is 0 Å². The third-order valence-electron chi connectivity index (χ3n) is 3.43. The van der Waals surface area contributed by atoms with Crippen molar-refractivity contribution in [2.75, 3.05) is 5.32 Å². The zero-order valence-corrected chi connectivity index (χ0v) is 13.4. The number of imidazole rings is 1. The molecular weight excluding hydrogens is 290 g/mol. The van der Waals surface area contributed by atoms with Crippen LogP contribution in [-0.2, 0) is 0 Å². The SMILES string of the molecule is Cc1cccc2nc(C(=O)Nc3ccccc3OC(C)C)cn12. The second-order valence-corrected chi connectivity index (χ2v) is 5.64. The van der Waals surface area contributed by atoms with Crippen LogP contribution in [0.3, 0.4) is 0 Å². The van der Waals surface area contributed by atoms with Crippen molar-refractivity contribution in [2.24, 2.45) is 0 Å². The van der Waals surface area contributed by atoms with E-state index in [2.05, 4.69) is 10.3 Å². The monoisotopic (exact) mass is 309 g/mol. The molecule has 0 saturated carbocycles. The van der Waals surface area contributed by atoms with Gasteiger partial charge in [0.1, 0.15) is 17.1 Å². The quantitative estimate of drug-likeness (QED) is 0.800. The van der Waals surface area contributed by atoms with Crippen molar-refractivity contribution in [1.82, 2.24) is 9.38 Å². The lowest BCUT2D eigenvalue weighted by Crippen LogP contribution is -2.14. The molecule has 23 heavy (non-hydrogen) atoms. The lowest BCUT2D eigenvalue weighted by molar-refractivity contribution is 0.102. The number of amides is 1. The standard InChI is InChI=1S/C18H19N3O2/c1-12(2)23-16-9-5-4-8-14(16)20-18(22)15-11-21-13(3)7-6-10-17(21)19-15/h4-12H,1-3H3,(H,20,22). The van der Waals surface area contributed by atoms with E-state index in [1.165, 1.54) is 0 Å². The Labute approximate surface area is 134 Å². The first-order valence-electron chi connectivity index (χ1n) is 7.56. The maximum absolute atomic E-state index is 12.5. The Balaban J connectivity index is 1.88. The molecule has 0 fully saturated rings. The molecule has 1 aromatic carbocycles. The molecule has 0 atom stereocenters. The number of aryl methyl sites for hydroxylation is 1. The second-order valence-electron chi connectivity index (χ2n) is 5.64. The number of fused-ring (bicyclic) bond motifs is 1. The number of anilines is 1. The van der Waals surface area contributed by atoms with Gasteiger partial charge in [0.2, 0.25) is 0 Å². The fraction of sp³-hybridized carbons (Fsp3) is 0.222. The summed E-state index contributed by atoms with van der Waals surface area (Å²) in [7, 11) is 0. The molecule has 118 valence electrons. The predicted octanol–water partition coefficient (Wildman–Crippen LogP) is 3.68. The van der Waals surface area contributed by atoms with E-state index in [9.17, 15) is 4.79 Å². The Bertz CT molecular complexity index is 852. The minimum absolute atomic E-state index is 0.0332. The van der Waals surface area contributed by atoms with E-state index in [4.69, 9.17) is 4.74 Å². The minimum Gasteiger partial charge on any atom is -0.489 e. The zero-order chi connectivity index (χ0) is 16.4. The van der Waals surface area contributed by atoms with E-state index in [0.717, 1.165) is 11.3 Å². The Kier molecular flexibility index (Phi) is 4.02. The van der Waals surface area contributed by atoms with Crippen LogP contribution in [0.4, 0.5) is 5.69 Å². The van der Waals surface area contributed by atoms with E-state index in [-0.39, 0.29) is 12.0 Å². The van der Waals surface area contributed by atoms with Crippen molar-refractivity contribution in [3.63, 3.8) is 0 Å². The summed E-state index contributed by atoms with van der Waals surface area (Å²) in [4.78, 5) is 16.9. The molecule has 0 saturated heterocycles. The first-order valence-corrected chi connectivity index (χ1v) is 7.56. The molecule has 1 N–H and O–H groups in total. The molecule has 1 amide bonds. The molecule has 2 heterocycles. The first kappa shape index (κ1) is 15.1. The summed E-state index contributed by atoms with van der Waals surface area (Å²) in [5, 5.41) is 2.87. The molecule has 0 bridgehead atoms. The van der Waals surface area contributed by atoms with Gasteiger partial charge in [0.25, 0.3) is 5.91 Å². The molecule has 0 aliphatic heterocycles. The number of benzene rings is 1. The second kappa shape index (κ2) is 6.12. The van der Waals surface area contributed by atoms with Crippen LogP contribution in [0, 0.1) is 6.92 Å². The maximum Gasteiger partial charge on any atom is 0.275 e. The first-order chi connectivity index (χ1) is 11.0. The van der Waals surface area contributed by atoms with E-state index < -0.39 is 0 Å². The van der Waals surface area contributed by atoms with Gasteiger partial charge in [0, 0.05) is 11.9 Å². The fourth-order valence-electron chi connectivity index (χ4n) is 2.37. The molecule has 5 heteroatoms. The number of hydrogen-bond acceptors (Lipinski definition) is 3. The van der Waals surface area contributed by atoms with Crippen LogP contribution in [0.1, 0.15) is 30.0 Å². The summed E-state index contributed by atoms with van der Waals surface area (Å²) in [6, 6.07) is 13.2. The maximum atomic E-state index is 12.5. The number of nitrogens with zero attached hydrogens (tertiary/aromatic N) is 2. The molecule has 0 aliphatic rings. The van der Waals surface area contributed by atoms with Gasteiger partial charge < -0.3 is 14.5 Å². The number of para-hydroxylation sites is 2. The number of rotatable bonds is 4.